The Morgan fingerprint density at radius 2 is 1.86 bits per heavy atom. The van der Waals surface area contributed by atoms with E-state index in [1.807, 2.05) is 30.7 Å². The largest absolute Gasteiger partial charge is 0.329 e. The molecule has 1 aromatic carbocycles. The van der Waals surface area contributed by atoms with Crippen LogP contribution in [-0.2, 0) is 12.6 Å². The molecule has 21 heavy (non-hydrogen) atoms. The molecule has 0 unspecified atom stereocenters. The molecule has 0 saturated heterocycles. The Kier molecular flexibility index (Phi) is 2.35. The Morgan fingerprint density at radius 1 is 1.19 bits per heavy atom. The molecule has 0 spiro atoms. The van der Waals surface area contributed by atoms with Crippen LogP contribution in [-0.4, -0.2) is 19.3 Å². The number of hydrogen-bond donors (Lipinski definition) is 0. The molecule has 0 aliphatic heterocycles. The molecule has 2 heterocycles. The van der Waals surface area contributed by atoms with Crippen LogP contribution in [0.2, 0.25) is 5.15 Å². The van der Waals surface area contributed by atoms with Gasteiger partial charge >= 0.3 is 5.69 Å². The van der Waals surface area contributed by atoms with Crippen LogP contribution in [0.5, 0.6) is 0 Å². The van der Waals surface area contributed by atoms with Crippen LogP contribution >= 0.6 is 11.6 Å². The quantitative estimate of drug-likeness (QED) is 0.694. The van der Waals surface area contributed by atoms with Crippen molar-refractivity contribution in [3.8, 4) is 0 Å². The molecule has 108 valence electrons. The van der Waals surface area contributed by atoms with E-state index < -0.39 is 0 Å². The highest BCUT2D eigenvalue weighted by Gasteiger charge is 2.42. The zero-order valence-electron chi connectivity index (χ0n) is 12.1. The number of imidazole rings is 1. The molecule has 4 rings (SSSR count). The molecule has 2 aromatic heterocycles. The predicted octanol–water partition coefficient (Wildman–Crippen LogP) is 2.75. The van der Waals surface area contributed by atoms with Gasteiger partial charge in [-0.15, -0.1) is 5.10 Å². The van der Waals surface area contributed by atoms with E-state index in [1.54, 1.807) is 4.57 Å². The zero-order chi connectivity index (χ0) is 14.9. The van der Waals surface area contributed by atoms with Gasteiger partial charge in [-0.05, 0) is 38.8 Å². The molecule has 0 atom stereocenters. The molecule has 0 amide bonds. The van der Waals surface area contributed by atoms with E-state index in [0.29, 0.717) is 5.15 Å². The van der Waals surface area contributed by atoms with Crippen molar-refractivity contribution in [2.75, 3.05) is 0 Å². The molecule has 0 radical (unpaired) electrons. The maximum Gasteiger partial charge on any atom is 0.329 e. The highest BCUT2D eigenvalue weighted by molar-refractivity contribution is 6.34. The average Bonchev–Trinajstić information content (AvgIpc) is 3.14. The van der Waals surface area contributed by atoms with E-state index in [4.69, 9.17) is 11.6 Å². The molecular weight excluding hydrogens is 288 g/mol. The van der Waals surface area contributed by atoms with Gasteiger partial charge in [0.05, 0.1) is 16.7 Å². The number of nitrogens with zero attached hydrogens (tertiary/aromatic N) is 4. The Bertz CT molecular complexity index is 965. The minimum Gasteiger partial charge on any atom is -0.295 e. The van der Waals surface area contributed by atoms with Crippen LogP contribution < -0.4 is 5.69 Å². The smallest absolute Gasteiger partial charge is 0.295 e. The number of aromatic nitrogens is 4. The van der Waals surface area contributed by atoms with E-state index in [2.05, 4.69) is 17.1 Å². The van der Waals surface area contributed by atoms with Crippen molar-refractivity contribution >= 4 is 33.4 Å². The van der Waals surface area contributed by atoms with Gasteiger partial charge in [-0.3, -0.25) is 9.13 Å². The summed E-state index contributed by atoms with van der Waals surface area (Å²) in [6.07, 6.45) is 2.07. The Morgan fingerprint density at radius 3 is 2.52 bits per heavy atom. The normalized spacial score (nSPS) is 16.8. The van der Waals surface area contributed by atoms with Crippen LogP contribution in [0.15, 0.2) is 16.9 Å². The summed E-state index contributed by atoms with van der Waals surface area (Å²) >= 11 is 6.19. The maximum atomic E-state index is 12.6. The lowest BCUT2D eigenvalue weighted by Gasteiger charge is -2.11. The summed E-state index contributed by atoms with van der Waals surface area (Å²) in [5.74, 6) is 0. The van der Waals surface area contributed by atoms with Crippen molar-refractivity contribution in [2.45, 2.75) is 32.2 Å². The Hall–Kier alpha value is -1.88. The predicted molar refractivity (Wildman–Crippen MR) is 82.9 cm³/mol. The van der Waals surface area contributed by atoms with Crippen molar-refractivity contribution in [3.63, 3.8) is 0 Å². The van der Waals surface area contributed by atoms with Crippen molar-refractivity contribution in [3.05, 3.63) is 33.5 Å². The molecule has 1 fully saturated rings. The van der Waals surface area contributed by atoms with Gasteiger partial charge in [-0.2, -0.15) is 5.10 Å². The van der Waals surface area contributed by atoms with Gasteiger partial charge in [0.15, 0.2) is 5.15 Å². The molecule has 0 bridgehead atoms. The Balaban J connectivity index is 2.23. The van der Waals surface area contributed by atoms with Crippen molar-refractivity contribution < 1.29 is 0 Å². The second-order valence-electron chi connectivity index (χ2n) is 6.14. The number of aryl methyl sites for hydroxylation is 2. The highest BCUT2D eigenvalue weighted by atomic mass is 35.5. The van der Waals surface area contributed by atoms with Crippen molar-refractivity contribution in [1.82, 2.24) is 19.3 Å². The fourth-order valence-electron chi connectivity index (χ4n) is 3.00. The number of fused-ring (bicyclic) bond motifs is 2. The third-order valence-electron chi connectivity index (χ3n) is 4.61. The Labute approximate surface area is 126 Å². The van der Waals surface area contributed by atoms with Crippen LogP contribution in [0.25, 0.3) is 21.8 Å². The van der Waals surface area contributed by atoms with Crippen LogP contribution in [0, 0.1) is 6.92 Å². The van der Waals surface area contributed by atoms with E-state index in [9.17, 15) is 4.79 Å². The van der Waals surface area contributed by atoms with E-state index in [0.717, 1.165) is 40.3 Å². The monoisotopic (exact) mass is 302 g/mol. The second kappa shape index (κ2) is 3.85. The first-order chi connectivity index (χ1) is 9.92. The van der Waals surface area contributed by atoms with Crippen molar-refractivity contribution in [1.29, 1.82) is 0 Å². The number of halogens is 1. The summed E-state index contributed by atoms with van der Waals surface area (Å²) in [5, 5.41) is 10.2. The lowest BCUT2D eigenvalue weighted by molar-refractivity contribution is 0.521. The van der Waals surface area contributed by atoms with Crippen LogP contribution in [0.4, 0.5) is 0 Å². The topological polar surface area (TPSA) is 52.7 Å². The number of rotatable bonds is 1. The number of hydrogen-bond acceptors (Lipinski definition) is 3. The molecule has 1 aliphatic rings. The molecule has 5 nitrogen and oxygen atoms in total. The van der Waals surface area contributed by atoms with Gasteiger partial charge in [-0.25, -0.2) is 4.79 Å². The molecule has 1 saturated carbocycles. The first kappa shape index (κ1) is 12.8. The lowest BCUT2D eigenvalue weighted by atomic mass is 10.1. The van der Waals surface area contributed by atoms with Crippen LogP contribution in [0.1, 0.15) is 25.5 Å². The minimum absolute atomic E-state index is 0.0231. The first-order valence-electron chi connectivity index (χ1n) is 6.97. The fraction of sp³-hybridized carbons (Fsp3) is 0.400. The molecular formula is C15H15ClN4O. The van der Waals surface area contributed by atoms with Crippen molar-refractivity contribution in [2.24, 2.45) is 7.05 Å². The average molecular weight is 303 g/mol. The third-order valence-corrected chi connectivity index (χ3v) is 4.89. The lowest BCUT2D eigenvalue weighted by Crippen LogP contribution is -2.28. The highest BCUT2D eigenvalue weighted by Crippen LogP contribution is 2.44. The third kappa shape index (κ3) is 1.61. The summed E-state index contributed by atoms with van der Waals surface area (Å²) in [4.78, 5) is 12.6. The SMILES string of the molecule is Cc1nnc(Cl)c2cc3c(cc12)n(C)c(=O)n3C1(C)CC1. The van der Waals surface area contributed by atoms with E-state index in [-0.39, 0.29) is 11.2 Å². The van der Waals surface area contributed by atoms with Gasteiger partial charge in [-0.1, -0.05) is 11.6 Å². The van der Waals surface area contributed by atoms with E-state index >= 15 is 0 Å². The molecule has 1 aliphatic carbocycles. The summed E-state index contributed by atoms with van der Waals surface area (Å²) in [7, 11) is 1.81. The molecule has 0 N–H and O–H groups in total. The van der Waals surface area contributed by atoms with Crippen LogP contribution in [0.3, 0.4) is 0 Å². The maximum absolute atomic E-state index is 12.6. The summed E-state index contributed by atoms with van der Waals surface area (Å²) in [6, 6.07) is 3.96. The van der Waals surface area contributed by atoms with Gasteiger partial charge < -0.3 is 0 Å². The van der Waals surface area contributed by atoms with Gasteiger partial charge in [0.2, 0.25) is 0 Å². The van der Waals surface area contributed by atoms with E-state index in [1.165, 1.54) is 0 Å². The fourth-order valence-corrected chi connectivity index (χ4v) is 3.20. The minimum atomic E-state index is -0.0632. The van der Waals surface area contributed by atoms with Gasteiger partial charge in [0, 0.05) is 23.4 Å². The molecule has 6 heteroatoms. The first-order valence-corrected chi connectivity index (χ1v) is 7.35. The molecule has 3 aromatic rings. The summed E-state index contributed by atoms with van der Waals surface area (Å²) in [6.45, 7) is 4.02. The summed E-state index contributed by atoms with van der Waals surface area (Å²) in [5.41, 5.74) is 2.60. The van der Waals surface area contributed by atoms with Gasteiger partial charge in [0.25, 0.3) is 0 Å². The van der Waals surface area contributed by atoms with Gasteiger partial charge in [0.1, 0.15) is 0 Å². The summed E-state index contributed by atoms with van der Waals surface area (Å²) < 4.78 is 3.60. The second-order valence-corrected chi connectivity index (χ2v) is 6.49. The standard InChI is InChI=1S/C15H15ClN4O/c1-8-9-6-11-12(7-10(9)13(16)18-17-8)20(14(21)19(11)3)15(2)4-5-15/h6-7H,4-5H2,1-3H3. The number of benzene rings is 1. The zero-order valence-corrected chi connectivity index (χ0v) is 12.9.